The van der Waals surface area contributed by atoms with Crippen molar-refractivity contribution in [1.29, 1.82) is 0 Å². The van der Waals surface area contributed by atoms with Crippen LogP contribution in [0.15, 0.2) is 47.8 Å². The lowest BCUT2D eigenvalue weighted by atomic mass is 9.79. The second-order valence-electron chi connectivity index (χ2n) is 8.71. The van der Waals surface area contributed by atoms with Gasteiger partial charge in [-0.25, -0.2) is 0 Å². The maximum atomic E-state index is 13.3. The summed E-state index contributed by atoms with van der Waals surface area (Å²) in [5.74, 6) is 0.902. The van der Waals surface area contributed by atoms with E-state index in [1.54, 1.807) is 0 Å². The Labute approximate surface area is 170 Å². The Hall–Kier alpha value is -1.69. The zero-order valence-corrected chi connectivity index (χ0v) is 16.9. The molecule has 1 aromatic heterocycles. The minimum Gasteiger partial charge on any atom is -0.375 e. The number of amides is 1. The first-order valence-electron chi connectivity index (χ1n) is 10.5. The van der Waals surface area contributed by atoms with Gasteiger partial charge in [-0.3, -0.25) is 9.69 Å². The molecule has 2 unspecified atom stereocenters. The second-order valence-corrected chi connectivity index (χ2v) is 9.75. The number of hydrogen-bond acceptors (Lipinski definition) is 4. The van der Waals surface area contributed by atoms with Gasteiger partial charge in [-0.05, 0) is 41.7 Å². The quantitative estimate of drug-likeness (QED) is 0.787. The molecule has 2 heterocycles. The Morgan fingerprint density at radius 1 is 1.11 bits per heavy atom. The fourth-order valence-corrected chi connectivity index (χ4v) is 6.18. The molecule has 1 aliphatic heterocycles. The lowest BCUT2D eigenvalue weighted by Gasteiger charge is -2.33. The van der Waals surface area contributed by atoms with E-state index in [4.69, 9.17) is 0 Å². The van der Waals surface area contributed by atoms with Crippen LogP contribution in [0.4, 0.5) is 0 Å². The number of nitrogens with zero attached hydrogens (tertiary/aromatic N) is 1. The normalized spacial score (nSPS) is 29.4. The minimum atomic E-state index is -1.40. The van der Waals surface area contributed by atoms with E-state index in [2.05, 4.69) is 27.7 Å². The number of benzene rings is 1. The van der Waals surface area contributed by atoms with Crippen LogP contribution in [0.3, 0.4) is 0 Å². The summed E-state index contributed by atoms with van der Waals surface area (Å²) < 4.78 is 0. The number of nitrogens with one attached hydrogen (secondary N) is 1. The highest BCUT2D eigenvalue weighted by atomic mass is 32.1. The predicted octanol–water partition coefficient (Wildman–Crippen LogP) is 3.37. The van der Waals surface area contributed by atoms with Gasteiger partial charge in [-0.1, -0.05) is 49.2 Å². The number of fused-ring (bicyclic) bond motifs is 1. The van der Waals surface area contributed by atoms with Crippen molar-refractivity contribution in [2.75, 3.05) is 13.1 Å². The third-order valence-electron chi connectivity index (χ3n) is 7.03. The molecule has 3 fully saturated rings. The molecule has 0 radical (unpaired) electrons. The molecule has 2 N–H and O–H groups in total. The first-order chi connectivity index (χ1) is 13.7. The van der Waals surface area contributed by atoms with Gasteiger partial charge in [0.2, 0.25) is 0 Å². The molecule has 4 nitrogen and oxygen atoms in total. The maximum Gasteiger partial charge on any atom is 0.257 e. The Kier molecular flexibility index (Phi) is 4.77. The lowest BCUT2D eigenvalue weighted by Crippen LogP contribution is -2.50. The van der Waals surface area contributed by atoms with Crippen LogP contribution in [-0.2, 0) is 16.9 Å². The molecule has 1 aromatic carbocycles. The number of aliphatic hydroxyl groups is 1. The van der Waals surface area contributed by atoms with Gasteiger partial charge in [0, 0.05) is 36.5 Å². The number of thiophene rings is 1. The first-order valence-corrected chi connectivity index (χ1v) is 11.4. The van der Waals surface area contributed by atoms with E-state index < -0.39 is 5.60 Å². The molecular formula is C23H28N2O2S. The van der Waals surface area contributed by atoms with Crippen molar-refractivity contribution < 1.29 is 9.90 Å². The largest absolute Gasteiger partial charge is 0.375 e. The molecule has 5 heteroatoms. The van der Waals surface area contributed by atoms with Gasteiger partial charge in [0.1, 0.15) is 0 Å². The molecule has 2 aliphatic carbocycles. The van der Waals surface area contributed by atoms with Crippen LogP contribution < -0.4 is 5.32 Å². The van der Waals surface area contributed by atoms with Gasteiger partial charge in [0.05, 0.1) is 0 Å². The van der Waals surface area contributed by atoms with E-state index in [0.717, 1.165) is 50.9 Å². The van der Waals surface area contributed by atoms with Crippen molar-refractivity contribution in [3.63, 3.8) is 0 Å². The van der Waals surface area contributed by atoms with Crippen molar-refractivity contribution in [3.05, 3.63) is 58.3 Å². The van der Waals surface area contributed by atoms with E-state index in [1.807, 2.05) is 41.7 Å². The molecule has 148 valence electrons. The molecule has 1 saturated heterocycles. The molecule has 2 saturated carbocycles. The van der Waals surface area contributed by atoms with Crippen LogP contribution in [0.5, 0.6) is 0 Å². The van der Waals surface area contributed by atoms with Gasteiger partial charge in [0.15, 0.2) is 5.60 Å². The third kappa shape index (κ3) is 3.19. The Bertz CT molecular complexity index is 806. The summed E-state index contributed by atoms with van der Waals surface area (Å²) in [5.41, 5.74) is -0.657. The standard InChI is InChI=1S/C23H28N2O2S/c26-22(23(27,17-9-4-5-10-17)16-7-2-1-3-8-16)24-21-19-14-25(15-20(19)21)13-18-11-6-12-28-18/h1-3,6-8,11-12,17,19-21,27H,4-5,9-10,13-15H2,(H,24,26)/t19-,20?,21+,23?/m0/s1. The third-order valence-corrected chi connectivity index (χ3v) is 7.89. The van der Waals surface area contributed by atoms with E-state index in [-0.39, 0.29) is 17.9 Å². The molecular weight excluding hydrogens is 368 g/mol. The lowest BCUT2D eigenvalue weighted by molar-refractivity contribution is -0.147. The average molecular weight is 397 g/mol. The average Bonchev–Trinajstić information content (AvgIpc) is 3.28. The van der Waals surface area contributed by atoms with E-state index in [1.165, 1.54) is 4.88 Å². The SMILES string of the molecule is O=C(N[C@H]1C2CN(Cc3cccs3)C[C@@H]21)C(O)(c1ccccc1)C1CCCC1. The monoisotopic (exact) mass is 396 g/mol. The van der Waals surface area contributed by atoms with Crippen LogP contribution >= 0.6 is 11.3 Å². The highest BCUT2D eigenvalue weighted by Crippen LogP contribution is 2.47. The summed E-state index contributed by atoms with van der Waals surface area (Å²) in [6.45, 7) is 3.10. The fourth-order valence-electron chi connectivity index (χ4n) is 5.43. The van der Waals surface area contributed by atoms with E-state index in [9.17, 15) is 9.90 Å². The molecule has 3 aliphatic rings. The molecule has 1 amide bonds. The van der Waals surface area contributed by atoms with Crippen LogP contribution in [0, 0.1) is 17.8 Å². The maximum absolute atomic E-state index is 13.3. The van der Waals surface area contributed by atoms with Gasteiger partial charge in [-0.15, -0.1) is 11.3 Å². The number of likely N-dealkylation sites (tertiary alicyclic amines) is 1. The minimum absolute atomic E-state index is 0.0174. The number of rotatable bonds is 6. The number of piperidine rings is 1. The smallest absolute Gasteiger partial charge is 0.257 e. The molecule has 0 bridgehead atoms. The Morgan fingerprint density at radius 2 is 1.82 bits per heavy atom. The predicted molar refractivity (Wildman–Crippen MR) is 111 cm³/mol. The van der Waals surface area contributed by atoms with Crippen molar-refractivity contribution in [2.45, 2.75) is 43.9 Å². The number of carbonyl (C=O) groups is 1. The van der Waals surface area contributed by atoms with Crippen LogP contribution in [0.2, 0.25) is 0 Å². The van der Waals surface area contributed by atoms with Crippen LogP contribution in [-0.4, -0.2) is 35.0 Å². The molecule has 5 rings (SSSR count). The second kappa shape index (κ2) is 7.29. The van der Waals surface area contributed by atoms with E-state index >= 15 is 0 Å². The molecule has 28 heavy (non-hydrogen) atoms. The van der Waals surface area contributed by atoms with Crippen molar-refractivity contribution in [3.8, 4) is 0 Å². The van der Waals surface area contributed by atoms with Crippen LogP contribution in [0.1, 0.15) is 36.1 Å². The van der Waals surface area contributed by atoms with Gasteiger partial charge >= 0.3 is 0 Å². The van der Waals surface area contributed by atoms with Gasteiger partial charge in [-0.2, -0.15) is 0 Å². The summed E-state index contributed by atoms with van der Waals surface area (Å²) in [7, 11) is 0. The number of hydrogen-bond donors (Lipinski definition) is 2. The number of carbonyl (C=O) groups excluding carboxylic acids is 1. The molecule has 0 spiro atoms. The highest BCUT2D eigenvalue weighted by molar-refractivity contribution is 7.09. The fraction of sp³-hybridized carbons (Fsp3) is 0.522. The van der Waals surface area contributed by atoms with Crippen LogP contribution in [0.25, 0.3) is 0 Å². The van der Waals surface area contributed by atoms with E-state index in [0.29, 0.717) is 11.8 Å². The Balaban J connectivity index is 1.25. The van der Waals surface area contributed by atoms with Gasteiger partial charge in [0.25, 0.3) is 5.91 Å². The summed E-state index contributed by atoms with van der Waals surface area (Å²) in [5, 5.41) is 17.0. The Morgan fingerprint density at radius 3 is 2.46 bits per heavy atom. The molecule has 4 atom stereocenters. The summed E-state index contributed by atoms with van der Waals surface area (Å²) in [6.07, 6.45) is 4.04. The van der Waals surface area contributed by atoms with Crippen molar-refractivity contribution in [2.24, 2.45) is 17.8 Å². The topological polar surface area (TPSA) is 52.6 Å². The highest BCUT2D eigenvalue weighted by Gasteiger charge is 2.58. The first kappa shape index (κ1) is 18.3. The summed E-state index contributed by atoms with van der Waals surface area (Å²) >= 11 is 1.81. The summed E-state index contributed by atoms with van der Waals surface area (Å²) in [6, 6.07) is 14.1. The van der Waals surface area contributed by atoms with Crippen molar-refractivity contribution in [1.82, 2.24) is 10.2 Å². The zero-order chi connectivity index (χ0) is 19.1. The zero-order valence-electron chi connectivity index (χ0n) is 16.1. The van der Waals surface area contributed by atoms with Gasteiger partial charge < -0.3 is 10.4 Å². The van der Waals surface area contributed by atoms with Crippen molar-refractivity contribution >= 4 is 17.2 Å². The molecule has 2 aromatic rings. The summed E-state index contributed by atoms with van der Waals surface area (Å²) in [4.78, 5) is 17.2.